The molecule has 0 aliphatic rings. The van der Waals surface area contributed by atoms with E-state index in [4.69, 9.17) is 14.4 Å². The molecular weight excluding hydrogens is 743 g/mol. The molecule has 0 atom stereocenters. The fourth-order valence-electron chi connectivity index (χ4n) is 5.82. The number of benzene rings is 3. The van der Waals surface area contributed by atoms with E-state index in [0.29, 0.717) is 5.71 Å². The summed E-state index contributed by atoms with van der Waals surface area (Å²) in [5.41, 5.74) is 13.4. The van der Waals surface area contributed by atoms with E-state index < -0.39 is 0 Å². The minimum atomic E-state index is 0. The number of rotatable bonds is 3. The van der Waals surface area contributed by atoms with Gasteiger partial charge in [0.05, 0.1) is 11.3 Å². The van der Waals surface area contributed by atoms with Crippen molar-refractivity contribution in [2.45, 2.75) is 53.9 Å². The Bertz CT molecular complexity index is 2100. The number of pyridine rings is 3. The van der Waals surface area contributed by atoms with Crippen LogP contribution in [0.25, 0.3) is 55.8 Å². The minimum absolute atomic E-state index is 0. The van der Waals surface area contributed by atoms with E-state index in [1.54, 1.807) is 0 Å². The van der Waals surface area contributed by atoms with Gasteiger partial charge < -0.3 is 14.4 Å². The Kier molecular flexibility index (Phi) is 9.67. The van der Waals surface area contributed by atoms with Gasteiger partial charge in [-0.05, 0) is 84.4 Å². The monoisotopic (exact) mass is 780 g/mol. The van der Waals surface area contributed by atoms with Gasteiger partial charge in [0.1, 0.15) is 0 Å². The molecule has 0 N–H and O–H groups in total. The Hall–Kier alpha value is -4.44. The predicted octanol–water partition coefficient (Wildman–Crippen LogP) is 10.6. The van der Waals surface area contributed by atoms with Gasteiger partial charge in [-0.15, -0.1) is 54.1 Å². The Morgan fingerprint density at radius 1 is 0.652 bits per heavy atom. The molecule has 0 unspecified atom stereocenters. The molecule has 4 aromatic heterocycles. The maximum atomic E-state index is 6.35. The molecule has 7 aromatic rings. The average molecular weight is 780 g/mol. The van der Waals surface area contributed by atoms with Crippen molar-refractivity contribution < 1.29 is 24.5 Å². The van der Waals surface area contributed by atoms with Gasteiger partial charge in [0.2, 0.25) is 5.71 Å². The second kappa shape index (κ2) is 13.5. The number of furan rings is 1. The second-order valence-electron chi connectivity index (χ2n) is 12.6. The van der Waals surface area contributed by atoms with E-state index in [9.17, 15) is 0 Å². The molecule has 7 rings (SSSR count). The maximum Gasteiger partial charge on any atom is 0.216 e. The van der Waals surface area contributed by atoms with E-state index in [2.05, 4.69) is 101 Å². The molecule has 1 radical (unpaired) electrons. The quantitative estimate of drug-likeness (QED) is 0.168. The van der Waals surface area contributed by atoms with E-state index >= 15 is 0 Å². The van der Waals surface area contributed by atoms with E-state index in [0.717, 1.165) is 50.1 Å². The summed E-state index contributed by atoms with van der Waals surface area (Å²) in [6, 6.07) is 35.1. The van der Waals surface area contributed by atoms with E-state index in [-0.39, 0.29) is 25.5 Å². The summed E-state index contributed by atoms with van der Waals surface area (Å²) < 4.78 is 6.35. The zero-order valence-corrected chi connectivity index (χ0v) is 29.7. The molecule has 5 heteroatoms. The molecule has 233 valence electrons. The summed E-state index contributed by atoms with van der Waals surface area (Å²) >= 11 is 0. The van der Waals surface area contributed by atoms with Crippen LogP contribution in [0.5, 0.6) is 0 Å². The van der Waals surface area contributed by atoms with Crippen molar-refractivity contribution in [2.24, 2.45) is 0 Å². The molecular formula is C41H37IrN3O-2. The van der Waals surface area contributed by atoms with Gasteiger partial charge >= 0.3 is 0 Å². The van der Waals surface area contributed by atoms with Gasteiger partial charge in [-0.2, -0.15) is 0 Å². The summed E-state index contributed by atoms with van der Waals surface area (Å²) in [5, 5.41) is 2.04. The number of nitrogens with zero attached hydrogens (tertiary/aromatic N) is 3. The Balaban J connectivity index is 0.000000250. The van der Waals surface area contributed by atoms with Crippen LogP contribution in [0.3, 0.4) is 0 Å². The molecule has 0 amide bonds. The molecule has 0 fully saturated rings. The standard InChI is InChI=1S/C29H27N2O.C12H10N.Ir/c1-17-9-7-10-18(2)26(17)24-14-13-21-20-11-8-12-22(27(20)32-28(21)31-24)25-15-23(29(4,5)6)19(3)16-30-25;1-10-7-8-12(13-9-10)11-5-3-2-4-6-11;/h7-11,13-16H,1-6H3;2-5,7-9H,1H3;/q2*-1;. The second-order valence-corrected chi connectivity index (χ2v) is 12.6. The first-order chi connectivity index (χ1) is 21.6. The van der Waals surface area contributed by atoms with Crippen molar-refractivity contribution in [1.29, 1.82) is 0 Å². The van der Waals surface area contributed by atoms with Crippen LogP contribution in [0.1, 0.15) is 48.6 Å². The zero-order valence-electron chi connectivity index (χ0n) is 27.3. The van der Waals surface area contributed by atoms with Gasteiger partial charge in [0.25, 0.3) is 0 Å². The van der Waals surface area contributed by atoms with Crippen LogP contribution < -0.4 is 0 Å². The third-order valence-corrected chi connectivity index (χ3v) is 8.10. The van der Waals surface area contributed by atoms with Crippen LogP contribution in [0.4, 0.5) is 0 Å². The molecule has 0 saturated heterocycles. The number of hydrogen-bond acceptors (Lipinski definition) is 4. The molecule has 4 heterocycles. The number of aromatic nitrogens is 3. The normalized spacial score (nSPS) is 11.2. The number of fused-ring (bicyclic) bond motifs is 3. The summed E-state index contributed by atoms with van der Waals surface area (Å²) in [5.74, 6) is 0. The maximum absolute atomic E-state index is 6.35. The van der Waals surface area contributed by atoms with Crippen LogP contribution >= 0.6 is 0 Å². The summed E-state index contributed by atoms with van der Waals surface area (Å²) in [6.07, 6.45) is 3.82. The first-order valence-corrected chi connectivity index (χ1v) is 15.3. The number of aryl methyl sites for hydroxylation is 4. The first kappa shape index (κ1) is 32.9. The van der Waals surface area contributed by atoms with Gasteiger partial charge in [0.15, 0.2) is 0 Å². The van der Waals surface area contributed by atoms with Crippen molar-refractivity contribution in [1.82, 2.24) is 15.0 Å². The molecule has 46 heavy (non-hydrogen) atoms. The largest absolute Gasteiger partial charge is 0.486 e. The van der Waals surface area contributed by atoms with Gasteiger partial charge in [-0.3, -0.25) is 0 Å². The Labute approximate surface area is 285 Å². The van der Waals surface area contributed by atoms with Crippen LogP contribution in [-0.2, 0) is 25.5 Å². The van der Waals surface area contributed by atoms with Gasteiger partial charge in [0, 0.05) is 43.4 Å². The molecule has 0 bridgehead atoms. The van der Waals surface area contributed by atoms with Gasteiger partial charge in [-0.1, -0.05) is 68.1 Å². The Morgan fingerprint density at radius 3 is 2.07 bits per heavy atom. The van der Waals surface area contributed by atoms with Crippen LogP contribution in [0.15, 0.2) is 102 Å². The van der Waals surface area contributed by atoms with Crippen molar-refractivity contribution in [3.63, 3.8) is 0 Å². The fourth-order valence-corrected chi connectivity index (χ4v) is 5.82. The number of hydrogen-bond donors (Lipinski definition) is 0. The zero-order chi connectivity index (χ0) is 31.7. The molecule has 0 spiro atoms. The third kappa shape index (κ3) is 6.72. The predicted molar refractivity (Wildman–Crippen MR) is 185 cm³/mol. The van der Waals surface area contributed by atoms with Crippen molar-refractivity contribution in [2.75, 3.05) is 0 Å². The van der Waals surface area contributed by atoms with E-state index in [1.807, 2.05) is 61.8 Å². The first-order valence-electron chi connectivity index (χ1n) is 15.3. The molecule has 0 aliphatic carbocycles. The minimum Gasteiger partial charge on any atom is -0.486 e. The van der Waals surface area contributed by atoms with Crippen LogP contribution in [0.2, 0.25) is 0 Å². The van der Waals surface area contributed by atoms with Crippen LogP contribution in [0, 0.1) is 39.8 Å². The van der Waals surface area contributed by atoms with Crippen molar-refractivity contribution in [3.8, 4) is 33.8 Å². The smallest absolute Gasteiger partial charge is 0.216 e. The molecule has 4 nitrogen and oxygen atoms in total. The third-order valence-electron chi connectivity index (χ3n) is 8.10. The van der Waals surface area contributed by atoms with Crippen molar-refractivity contribution >= 4 is 22.1 Å². The topological polar surface area (TPSA) is 51.8 Å². The fraction of sp³-hybridized carbons (Fsp3) is 0.195. The van der Waals surface area contributed by atoms with Crippen molar-refractivity contribution in [3.05, 3.63) is 137 Å². The van der Waals surface area contributed by atoms with E-state index in [1.165, 1.54) is 27.8 Å². The average Bonchev–Trinajstić information content (AvgIpc) is 3.40. The summed E-state index contributed by atoms with van der Waals surface area (Å²) in [6.45, 7) is 15.1. The molecule has 0 aliphatic heterocycles. The Morgan fingerprint density at radius 2 is 1.39 bits per heavy atom. The van der Waals surface area contributed by atoms with Gasteiger partial charge in [-0.25, -0.2) is 4.98 Å². The van der Waals surface area contributed by atoms with Crippen LogP contribution in [-0.4, -0.2) is 15.0 Å². The molecule has 3 aromatic carbocycles. The SMILES string of the molecule is Cc1ccc(-c2[c-]cccc2)nc1.Cc1cnc(-c2[c-]ccc3c2oc2nc(-c4c(C)cccc4C)ccc23)cc1C(C)(C)C.[Ir]. The summed E-state index contributed by atoms with van der Waals surface area (Å²) in [7, 11) is 0. The summed E-state index contributed by atoms with van der Waals surface area (Å²) in [4.78, 5) is 13.9. The molecule has 0 saturated carbocycles.